The van der Waals surface area contributed by atoms with Crippen LogP contribution in [0.1, 0.15) is 38.5 Å². The van der Waals surface area contributed by atoms with Gasteiger partial charge in [-0.2, -0.15) is 0 Å². The number of nitrogens with one attached hydrogen (secondary N) is 1. The third kappa shape index (κ3) is 4.37. The van der Waals surface area contributed by atoms with E-state index < -0.39 is 0 Å². The maximum Gasteiger partial charge on any atom is 0.124 e. The van der Waals surface area contributed by atoms with Crippen LogP contribution in [0.5, 0.6) is 5.75 Å². The fourth-order valence-corrected chi connectivity index (χ4v) is 3.25. The molecule has 2 aliphatic rings. The van der Waals surface area contributed by atoms with Crippen LogP contribution in [0.4, 0.5) is 5.69 Å². The third-order valence-electron chi connectivity index (χ3n) is 4.75. The van der Waals surface area contributed by atoms with Crippen LogP contribution >= 0.6 is 0 Å². The van der Waals surface area contributed by atoms with Crippen LogP contribution in [0, 0.1) is 5.92 Å². The van der Waals surface area contributed by atoms with Crippen LogP contribution in [0.25, 0.3) is 0 Å². The summed E-state index contributed by atoms with van der Waals surface area (Å²) in [4.78, 5) is 0. The number of aliphatic hydroxyl groups excluding tert-OH is 1. The molecule has 122 valence electrons. The zero-order valence-corrected chi connectivity index (χ0v) is 13.2. The Balaban J connectivity index is 1.47. The summed E-state index contributed by atoms with van der Waals surface area (Å²) < 4.78 is 11.3. The molecule has 1 aromatic rings. The zero-order chi connectivity index (χ0) is 15.2. The van der Waals surface area contributed by atoms with E-state index in [1.165, 1.54) is 0 Å². The molecule has 0 radical (unpaired) electrons. The maximum atomic E-state index is 9.97. The van der Waals surface area contributed by atoms with Gasteiger partial charge in [-0.15, -0.1) is 0 Å². The number of anilines is 1. The summed E-state index contributed by atoms with van der Waals surface area (Å²) in [6.07, 6.45) is 5.99. The molecule has 1 saturated heterocycles. The highest BCUT2D eigenvalue weighted by Crippen LogP contribution is 2.25. The largest absolute Gasteiger partial charge is 0.488 e. The van der Waals surface area contributed by atoms with E-state index in [0.29, 0.717) is 5.92 Å². The van der Waals surface area contributed by atoms with Crippen LogP contribution in [0.15, 0.2) is 24.3 Å². The molecule has 1 saturated carbocycles. The molecule has 22 heavy (non-hydrogen) atoms. The van der Waals surface area contributed by atoms with E-state index in [4.69, 9.17) is 9.47 Å². The standard InChI is InChI=1S/C18H27NO3/c20-17-3-1-2-4-18(17)22-16-7-5-15(6-8-16)19-13-14-9-11-21-12-10-14/h5-8,14,17-20H,1-4,9-13H2. The monoisotopic (exact) mass is 305 g/mol. The van der Waals surface area contributed by atoms with E-state index in [1.54, 1.807) is 0 Å². The highest BCUT2D eigenvalue weighted by atomic mass is 16.5. The van der Waals surface area contributed by atoms with Crippen molar-refractivity contribution < 1.29 is 14.6 Å². The number of rotatable bonds is 5. The van der Waals surface area contributed by atoms with Crippen molar-refractivity contribution in [3.63, 3.8) is 0 Å². The maximum absolute atomic E-state index is 9.97. The first kappa shape index (κ1) is 15.6. The van der Waals surface area contributed by atoms with Crippen LogP contribution in [0.2, 0.25) is 0 Å². The minimum Gasteiger partial charge on any atom is -0.488 e. The van der Waals surface area contributed by atoms with E-state index >= 15 is 0 Å². The molecule has 4 heteroatoms. The predicted octanol–water partition coefficient (Wildman–Crippen LogP) is 3.21. The molecule has 0 amide bonds. The molecule has 1 aromatic carbocycles. The van der Waals surface area contributed by atoms with Crippen molar-refractivity contribution in [2.24, 2.45) is 5.92 Å². The molecule has 2 N–H and O–H groups in total. The lowest BCUT2D eigenvalue weighted by atomic mass is 9.95. The quantitative estimate of drug-likeness (QED) is 0.877. The second-order valence-electron chi connectivity index (χ2n) is 6.47. The van der Waals surface area contributed by atoms with Crippen LogP contribution in [0.3, 0.4) is 0 Å². The molecular formula is C18H27NO3. The fraction of sp³-hybridized carbons (Fsp3) is 0.667. The van der Waals surface area contributed by atoms with Gasteiger partial charge in [0.05, 0.1) is 6.10 Å². The molecule has 1 heterocycles. The highest BCUT2D eigenvalue weighted by Gasteiger charge is 2.24. The van der Waals surface area contributed by atoms with Crippen LogP contribution in [-0.2, 0) is 4.74 Å². The molecule has 0 aromatic heterocycles. The average Bonchev–Trinajstić information content (AvgIpc) is 2.57. The molecule has 4 nitrogen and oxygen atoms in total. The Hall–Kier alpha value is -1.26. The van der Waals surface area contributed by atoms with Gasteiger partial charge in [-0.05, 0) is 62.3 Å². The smallest absolute Gasteiger partial charge is 0.124 e. The molecule has 0 spiro atoms. The van der Waals surface area contributed by atoms with Crippen molar-refractivity contribution in [1.82, 2.24) is 0 Å². The summed E-state index contributed by atoms with van der Waals surface area (Å²) in [6.45, 7) is 2.79. The molecule has 2 atom stereocenters. The van der Waals surface area contributed by atoms with E-state index in [0.717, 1.165) is 69.7 Å². The van der Waals surface area contributed by atoms with E-state index in [9.17, 15) is 5.11 Å². The van der Waals surface area contributed by atoms with E-state index in [-0.39, 0.29) is 12.2 Å². The van der Waals surface area contributed by atoms with Crippen LogP contribution < -0.4 is 10.1 Å². The van der Waals surface area contributed by atoms with Crippen molar-refractivity contribution in [1.29, 1.82) is 0 Å². The summed E-state index contributed by atoms with van der Waals surface area (Å²) in [5, 5.41) is 13.5. The number of aliphatic hydroxyl groups is 1. The lowest BCUT2D eigenvalue weighted by Crippen LogP contribution is -2.34. The van der Waals surface area contributed by atoms with Crippen molar-refractivity contribution in [3.05, 3.63) is 24.3 Å². The fourth-order valence-electron chi connectivity index (χ4n) is 3.25. The molecule has 3 rings (SSSR count). The van der Waals surface area contributed by atoms with Gasteiger partial charge in [0, 0.05) is 25.4 Å². The minimum atomic E-state index is -0.319. The Kier molecular flexibility index (Phi) is 5.57. The molecule has 2 fully saturated rings. The first-order valence-corrected chi connectivity index (χ1v) is 8.57. The molecule has 0 bridgehead atoms. The van der Waals surface area contributed by atoms with Gasteiger partial charge in [-0.3, -0.25) is 0 Å². The molecule has 1 aliphatic carbocycles. The molecular weight excluding hydrogens is 278 g/mol. The van der Waals surface area contributed by atoms with Crippen LogP contribution in [-0.4, -0.2) is 37.1 Å². The number of hydrogen-bond donors (Lipinski definition) is 2. The van der Waals surface area contributed by atoms with Crippen molar-refractivity contribution in [2.75, 3.05) is 25.1 Å². The number of hydrogen-bond acceptors (Lipinski definition) is 4. The summed E-state index contributed by atoms with van der Waals surface area (Å²) in [5.41, 5.74) is 1.13. The van der Waals surface area contributed by atoms with Gasteiger partial charge in [0.1, 0.15) is 11.9 Å². The van der Waals surface area contributed by atoms with Crippen molar-refractivity contribution in [3.8, 4) is 5.75 Å². The van der Waals surface area contributed by atoms with Gasteiger partial charge >= 0.3 is 0 Å². The van der Waals surface area contributed by atoms with E-state index in [2.05, 4.69) is 17.4 Å². The Morgan fingerprint density at radius 3 is 2.50 bits per heavy atom. The van der Waals surface area contributed by atoms with Gasteiger partial charge in [-0.1, -0.05) is 6.42 Å². The number of benzene rings is 1. The second-order valence-corrected chi connectivity index (χ2v) is 6.47. The molecule has 1 aliphatic heterocycles. The lowest BCUT2D eigenvalue weighted by Gasteiger charge is -2.28. The summed E-state index contributed by atoms with van der Waals surface area (Å²) in [6, 6.07) is 8.11. The summed E-state index contributed by atoms with van der Waals surface area (Å²) in [7, 11) is 0. The van der Waals surface area contributed by atoms with Gasteiger partial charge in [0.2, 0.25) is 0 Å². The second kappa shape index (κ2) is 7.84. The van der Waals surface area contributed by atoms with Gasteiger partial charge in [0.25, 0.3) is 0 Å². The minimum absolute atomic E-state index is 0.0465. The Morgan fingerprint density at radius 2 is 1.77 bits per heavy atom. The van der Waals surface area contributed by atoms with Gasteiger partial charge in [0.15, 0.2) is 0 Å². The average molecular weight is 305 g/mol. The Morgan fingerprint density at radius 1 is 1.05 bits per heavy atom. The van der Waals surface area contributed by atoms with Crippen molar-refractivity contribution >= 4 is 5.69 Å². The first-order chi connectivity index (χ1) is 10.8. The lowest BCUT2D eigenvalue weighted by molar-refractivity contribution is 0.00688. The summed E-state index contributed by atoms with van der Waals surface area (Å²) in [5.74, 6) is 1.56. The highest BCUT2D eigenvalue weighted by molar-refractivity contribution is 5.46. The topological polar surface area (TPSA) is 50.7 Å². The first-order valence-electron chi connectivity index (χ1n) is 8.57. The Labute approximate surface area is 132 Å². The normalized spacial score (nSPS) is 26.6. The summed E-state index contributed by atoms with van der Waals surface area (Å²) >= 11 is 0. The van der Waals surface area contributed by atoms with Gasteiger partial charge in [-0.25, -0.2) is 0 Å². The van der Waals surface area contributed by atoms with Gasteiger partial charge < -0.3 is 19.9 Å². The van der Waals surface area contributed by atoms with Crippen molar-refractivity contribution in [2.45, 2.75) is 50.7 Å². The zero-order valence-electron chi connectivity index (χ0n) is 13.2. The predicted molar refractivity (Wildman–Crippen MR) is 87.4 cm³/mol. The Bertz CT molecular complexity index is 442. The molecule has 2 unspecified atom stereocenters. The SMILES string of the molecule is OC1CCCCC1Oc1ccc(NCC2CCOCC2)cc1. The number of ether oxygens (including phenoxy) is 2. The van der Waals surface area contributed by atoms with E-state index in [1.807, 2.05) is 12.1 Å². The third-order valence-corrected chi connectivity index (χ3v) is 4.75.